The summed E-state index contributed by atoms with van der Waals surface area (Å²) < 4.78 is 16.8. The fourth-order valence-electron chi connectivity index (χ4n) is 7.83. The van der Waals surface area contributed by atoms with Crippen LogP contribution in [0, 0.1) is 0 Å². The van der Waals surface area contributed by atoms with Gasteiger partial charge in [0.15, 0.2) is 6.10 Å². The van der Waals surface area contributed by atoms with E-state index in [-0.39, 0.29) is 31.1 Å². The van der Waals surface area contributed by atoms with Crippen molar-refractivity contribution in [3.05, 3.63) is 24.3 Å². The SMILES string of the molecule is CCCC/C=C\CCCCCCCC(=O)O[C@H](COC(=O)CCCCCCCCC/C=C\CCCCCC)COC(=O)CCCCCCCCCCCCCCCCCCC. The summed E-state index contributed by atoms with van der Waals surface area (Å²) in [5, 5.41) is 0. The molecule has 0 rings (SSSR count). The number of rotatable bonds is 49. The standard InChI is InChI=1S/C55H102O6/c1-4-7-10-13-16-19-22-24-26-27-29-31-34-36-39-42-45-48-54(57)60-51-52(61-55(58)49-46-43-40-37-32-21-18-15-12-9-6-3)50-59-53(56)47-44-41-38-35-33-30-28-25-23-20-17-14-11-8-5-2/h15,18,20,23,52H,4-14,16-17,19,21-22,24-51H2,1-3H3/b18-15-,23-20-/t52-/m1/s1. The first kappa shape index (κ1) is 58.9. The van der Waals surface area contributed by atoms with Gasteiger partial charge < -0.3 is 14.2 Å². The number of carbonyl (C=O) groups excluding carboxylic acids is 3. The van der Waals surface area contributed by atoms with Crippen LogP contribution in [0.15, 0.2) is 24.3 Å². The lowest BCUT2D eigenvalue weighted by Crippen LogP contribution is -2.30. The molecule has 1 atom stereocenters. The molecule has 6 nitrogen and oxygen atoms in total. The zero-order valence-corrected chi connectivity index (χ0v) is 40.9. The van der Waals surface area contributed by atoms with Crippen LogP contribution < -0.4 is 0 Å². The molecule has 0 saturated carbocycles. The van der Waals surface area contributed by atoms with E-state index in [9.17, 15) is 14.4 Å². The Kier molecular flexibility index (Phi) is 48.8. The molecule has 0 amide bonds. The molecular formula is C55H102O6. The smallest absolute Gasteiger partial charge is 0.306 e. The third-order valence-corrected chi connectivity index (χ3v) is 11.9. The largest absolute Gasteiger partial charge is 0.462 e. The highest BCUT2D eigenvalue weighted by Crippen LogP contribution is 2.16. The summed E-state index contributed by atoms with van der Waals surface area (Å²) in [5.74, 6) is -0.872. The van der Waals surface area contributed by atoms with E-state index in [0.29, 0.717) is 19.3 Å². The number of allylic oxidation sites excluding steroid dienone is 4. The van der Waals surface area contributed by atoms with Crippen LogP contribution in [-0.4, -0.2) is 37.2 Å². The Morgan fingerprint density at radius 3 is 0.885 bits per heavy atom. The zero-order valence-electron chi connectivity index (χ0n) is 40.9. The number of hydrogen-bond donors (Lipinski definition) is 0. The van der Waals surface area contributed by atoms with Crippen molar-refractivity contribution in [1.82, 2.24) is 0 Å². The molecule has 0 aromatic rings. The van der Waals surface area contributed by atoms with Gasteiger partial charge in [-0.15, -0.1) is 0 Å². The Labute approximate surface area is 379 Å². The van der Waals surface area contributed by atoms with Gasteiger partial charge >= 0.3 is 17.9 Å². The first-order valence-corrected chi connectivity index (χ1v) is 26.8. The summed E-state index contributed by atoms with van der Waals surface area (Å²) in [6.07, 6.45) is 57.3. The number of esters is 3. The summed E-state index contributed by atoms with van der Waals surface area (Å²) in [5.41, 5.74) is 0. The van der Waals surface area contributed by atoms with E-state index in [4.69, 9.17) is 14.2 Å². The monoisotopic (exact) mass is 859 g/mol. The molecule has 0 aliphatic heterocycles. The second kappa shape index (κ2) is 50.5. The van der Waals surface area contributed by atoms with Gasteiger partial charge in [0, 0.05) is 19.3 Å². The number of hydrogen-bond acceptors (Lipinski definition) is 6. The lowest BCUT2D eigenvalue weighted by Gasteiger charge is -2.18. The molecule has 6 heteroatoms. The second-order valence-electron chi connectivity index (χ2n) is 18.1. The van der Waals surface area contributed by atoms with E-state index in [0.717, 1.165) is 70.6 Å². The lowest BCUT2D eigenvalue weighted by atomic mass is 10.0. The fourth-order valence-corrected chi connectivity index (χ4v) is 7.83. The van der Waals surface area contributed by atoms with E-state index in [2.05, 4.69) is 45.1 Å². The Morgan fingerprint density at radius 2 is 0.557 bits per heavy atom. The topological polar surface area (TPSA) is 78.9 Å². The van der Waals surface area contributed by atoms with Gasteiger partial charge in [0.05, 0.1) is 0 Å². The number of carbonyl (C=O) groups is 3. The number of unbranched alkanes of at least 4 members (excludes halogenated alkanes) is 34. The lowest BCUT2D eigenvalue weighted by molar-refractivity contribution is -0.167. The summed E-state index contributed by atoms with van der Waals surface area (Å²) in [6, 6.07) is 0. The van der Waals surface area contributed by atoms with Gasteiger partial charge in [0.2, 0.25) is 0 Å². The van der Waals surface area contributed by atoms with Crippen LogP contribution in [0.1, 0.15) is 290 Å². The van der Waals surface area contributed by atoms with Crippen molar-refractivity contribution in [1.29, 1.82) is 0 Å². The quantitative estimate of drug-likeness (QED) is 0.0262. The van der Waals surface area contributed by atoms with Crippen LogP contribution in [-0.2, 0) is 28.6 Å². The minimum Gasteiger partial charge on any atom is -0.462 e. The van der Waals surface area contributed by atoms with Crippen LogP contribution in [0.25, 0.3) is 0 Å². The normalized spacial score (nSPS) is 12.1. The number of ether oxygens (including phenoxy) is 3. The minimum absolute atomic E-state index is 0.0721. The maximum atomic E-state index is 12.8. The van der Waals surface area contributed by atoms with Crippen molar-refractivity contribution >= 4 is 17.9 Å². The molecule has 0 spiro atoms. The third-order valence-electron chi connectivity index (χ3n) is 11.9. The van der Waals surface area contributed by atoms with Crippen LogP contribution in [0.3, 0.4) is 0 Å². The van der Waals surface area contributed by atoms with E-state index in [1.165, 1.54) is 180 Å². The molecule has 61 heavy (non-hydrogen) atoms. The van der Waals surface area contributed by atoms with Crippen LogP contribution in [0.5, 0.6) is 0 Å². The first-order valence-electron chi connectivity index (χ1n) is 26.8. The molecule has 0 fully saturated rings. The maximum absolute atomic E-state index is 12.8. The molecule has 0 aliphatic carbocycles. The van der Waals surface area contributed by atoms with Crippen molar-refractivity contribution in [2.75, 3.05) is 13.2 Å². The van der Waals surface area contributed by atoms with Crippen LogP contribution in [0.4, 0.5) is 0 Å². The maximum Gasteiger partial charge on any atom is 0.306 e. The van der Waals surface area contributed by atoms with Crippen molar-refractivity contribution in [2.24, 2.45) is 0 Å². The van der Waals surface area contributed by atoms with E-state index >= 15 is 0 Å². The van der Waals surface area contributed by atoms with E-state index < -0.39 is 6.10 Å². The van der Waals surface area contributed by atoms with Crippen molar-refractivity contribution in [3.8, 4) is 0 Å². The third kappa shape index (κ3) is 48.8. The fraction of sp³-hybridized carbons (Fsp3) is 0.873. The van der Waals surface area contributed by atoms with Gasteiger partial charge in [0.1, 0.15) is 13.2 Å². The molecular weight excluding hydrogens is 757 g/mol. The van der Waals surface area contributed by atoms with Crippen LogP contribution in [0.2, 0.25) is 0 Å². The predicted molar refractivity (Wildman–Crippen MR) is 261 cm³/mol. The first-order chi connectivity index (χ1) is 30.0. The van der Waals surface area contributed by atoms with Crippen molar-refractivity contribution < 1.29 is 28.6 Å². The molecule has 0 unspecified atom stereocenters. The van der Waals surface area contributed by atoms with Gasteiger partial charge in [-0.1, -0.05) is 231 Å². The Morgan fingerprint density at radius 1 is 0.311 bits per heavy atom. The van der Waals surface area contributed by atoms with Crippen molar-refractivity contribution in [2.45, 2.75) is 297 Å². The van der Waals surface area contributed by atoms with Gasteiger partial charge in [-0.2, -0.15) is 0 Å². The summed E-state index contributed by atoms with van der Waals surface area (Å²) in [4.78, 5) is 38.0. The van der Waals surface area contributed by atoms with E-state index in [1.54, 1.807) is 0 Å². The molecule has 358 valence electrons. The molecule has 0 saturated heterocycles. The molecule has 0 aliphatic rings. The molecule has 0 heterocycles. The van der Waals surface area contributed by atoms with Crippen molar-refractivity contribution in [3.63, 3.8) is 0 Å². The summed E-state index contributed by atoms with van der Waals surface area (Å²) >= 11 is 0. The van der Waals surface area contributed by atoms with E-state index in [1.807, 2.05) is 0 Å². The molecule has 0 bridgehead atoms. The average molecular weight is 859 g/mol. The molecule has 0 aromatic carbocycles. The Balaban J connectivity index is 4.30. The Hall–Kier alpha value is -2.11. The minimum atomic E-state index is -0.772. The second-order valence-corrected chi connectivity index (χ2v) is 18.1. The molecule has 0 N–H and O–H groups in total. The summed E-state index contributed by atoms with van der Waals surface area (Å²) in [6.45, 7) is 6.61. The highest BCUT2D eigenvalue weighted by atomic mass is 16.6. The average Bonchev–Trinajstić information content (AvgIpc) is 3.26. The summed E-state index contributed by atoms with van der Waals surface area (Å²) in [7, 11) is 0. The highest BCUT2D eigenvalue weighted by Gasteiger charge is 2.19. The Bertz CT molecular complexity index is 989. The van der Waals surface area contributed by atoms with Crippen LogP contribution >= 0.6 is 0 Å². The van der Waals surface area contributed by atoms with Gasteiger partial charge in [-0.05, 0) is 64.2 Å². The predicted octanol–water partition coefficient (Wildman–Crippen LogP) is 17.5. The highest BCUT2D eigenvalue weighted by molar-refractivity contribution is 5.71. The van der Waals surface area contributed by atoms with Gasteiger partial charge in [-0.3, -0.25) is 14.4 Å². The zero-order chi connectivity index (χ0) is 44.4. The molecule has 0 aromatic heterocycles. The van der Waals surface area contributed by atoms with Gasteiger partial charge in [0.25, 0.3) is 0 Å². The molecule has 0 radical (unpaired) electrons. The van der Waals surface area contributed by atoms with Gasteiger partial charge in [-0.25, -0.2) is 0 Å².